The van der Waals surface area contributed by atoms with Gasteiger partial charge in [-0.3, -0.25) is 4.79 Å². The van der Waals surface area contributed by atoms with Crippen molar-refractivity contribution >= 4 is 23.3 Å². The summed E-state index contributed by atoms with van der Waals surface area (Å²) in [5.41, 5.74) is 2.60. The van der Waals surface area contributed by atoms with Crippen LogP contribution in [0.5, 0.6) is 17.2 Å². The van der Waals surface area contributed by atoms with Gasteiger partial charge in [0.05, 0.1) is 33.2 Å². The van der Waals surface area contributed by atoms with E-state index in [1.165, 1.54) is 0 Å². The Morgan fingerprint density at radius 1 is 1.07 bits per heavy atom. The normalized spacial score (nSPS) is 15.4. The first kappa shape index (κ1) is 19.1. The first-order valence-electron chi connectivity index (χ1n) is 8.99. The fourth-order valence-corrected chi connectivity index (χ4v) is 3.72. The molecule has 7 nitrogen and oxygen atoms in total. The fraction of sp³-hybridized carbons (Fsp3) is 0.238. The number of ether oxygens (including phenoxy) is 3. The summed E-state index contributed by atoms with van der Waals surface area (Å²) in [5, 5.41) is 8.07. The molecule has 0 fully saturated rings. The maximum Gasteiger partial charge on any atom is 0.226 e. The van der Waals surface area contributed by atoms with E-state index in [1.807, 2.05) is 24.3 Å². The van der Waals surface area contributed by atoms with Gasteiger partial charge in [-0.25, -0.2) is 4.68 Å². The van der Waals surface area contributed by atoms with Gasteiger partial charge in [0.25, 0.3) is 0 Å². The van der Waals surface area contributed by atoms with Gasteiger partial charge in [-0.05, 0) is 42.0 Å². The van der Waals surface area contributed by atoms with Crippen molar-refractivity contribution in [3.8, 4) is 22.9 Å². The zero-order valence-corrected chi connectivity index (χ0v) is 17.0. The molecule has 0 radical (unpaired) electrons. The van der Waals surface area contributed by atoms with E-state index < -0.39 is 0 Å². The molecule has 1 amide bonds. The summed E-state index contributed by atoms with van der Waals surface area (Å²) in [6, 6.07) is 11.0. The Bertz CT molecular complexity index is 1040. The van der Waals surface area contributed by atoms with E-state index in [9.17, 15) is 4.79 Å². The van der Waals surface area contributed by atoms with Crippen molar-refractivity contribution in [1.82, 2.24) is 9.78 Å². The van der Waals surface area contributed by atoms with Gasteiger partial charge in [0, 0.05) is 22.9 Å². The smallest absolute Gasteiger partial charge is 0.226 e. The summed E-state index contributed by atoms with van der Waals surface area (Å²) in [5.74, 6) is 1.94. The second-order valence-electron chi connectivity index (χ2n) is 6.60. The molecule has 1 N–H and O–H groups in total. The number of hydrogen-bond donors (Lipinski definition) is 1. The van der Waals surface area contributed by atoms with Crippen molar-refractivity contribution in [3.63, 3.8) is 0 Å². The molecule has 0 unspecified atom stereocenters. The largest absolute Gasteiger partial charge is 0.493 e. The fourth-order valence-electron chi connectivity index (χ4n) is 3.60. The predicted molar refractivity (Wildman–Crippen MR) is 110 cm³/mol. The van der Waals surface area contributed by atoms with Gasteiger partial charge in [-0.1, -0.05) is 11.6 Å². The Labute approximate surface area is 173 Å². The molecule has 29 heavy (non-hydrogen) atoms. The SMILES string of the molecule is COc1cc([C@@H]2CC(=O)Nc3c2cnn3-c2ccc(Cl)cc2)cc(OC)c1OC. The van der Waals surface area contributed by atoms with Gasteiger partial charge >= 0.3 is 0 Å². The van der Waals surface area contributed by atoms with Crippen molar-refractivity contribution < 1.29 is 19.0 Å². The third-order valence-electron chi connectivity index (χ3n) is 4.98. The van der Waals surface area contributed by atoms with Crippen LogP contribution in [0.15, 0.2) is 42.6 Å². The van der Waals surface area contributed by atoms with Crippen LogP contribution in [0.1, 0.15) is 23.5 Å². The van der Waals surface area contributed by atoms with Crippen molar-refractivity contribution in [1.29, 1.82) is 0 Å². The highest BCUT2D eigenvalue weighted by atomic mass is 35.5. The van der Waals surface area contributed by atoms with Crippen molar-refractivity contribution in [3.05, 3.63) is 58.7 Å². The van der Waals surface area contributed by atoms with Crippen molar-refractivity contribution in [2.24, 2.45) is 0 Å². The van der Waals surface area contributed by atoms with E-state index in [4.69, 9.17) is 25.8 Å². The molecule has 2 aromatic carbocycles. The van der Waals surface area contributed by atoms with E-state index in [2.05, 4.69) is 10.4 Å². The molecule has 1 aliphatic rings. The second-order valence-corrected chi connectivity index (χ2v) is 7.04. The lowest BCUT2D eigenvalue weighted by atomic mass is 9.87. The molecular formula is C21H20ClN3O4. The highest BCUT2D eigenvalue weighted by Crippen LogP contribution is 2.44. The molecular weight excluding hydrogens is 394 g/mol. The number of nitrogens with one attached hydrogen (secondary N) is 1. The zero-order chi connectivity index (χ0) is 20.5. The van der Waals surface area contributed by atoms with Crippen LogP contribution in [0, 0.1) is 0 Å². The van der Waals surface area contributed by atoms with Crippen LogP contribution in [0.2, 0.25) is 5.02 Å². The minimum absolute atomic E-state index is 0.0908. The Kier molecular flexibility index (Phi) is 5.07. The van der Waals surface area contributed by atoms with Crippen LogP contribution in [-0.4, -0.2) is 37.0 Å². The van der Waals surface area contributed by atoms with Crippen molar-refractivity contribution in [2.45, 2.75) is 12.3 Å². The predicted octanol–water partition coefficient (Wildman–Crippen LogP) is 4.03. The van der Waals surface area contributed by atoms with Gasteiger partial charge in [0.2, 0.25) is 11.7 Å². The summed E-state index contributed by atoms with van der Waals surface area (Å²) < 4.78 is 18.1. The Morgan fingerprint density at radius 2 is 1.72 bits per heavy atom. The highest BCUT2D eigenvalue weighted by molar-refractivity contribution is 6.30. The third kappa shape index (κ3) is 3.38. The molecule has 1 atom stereocenters. The number of methoxy groups -OCH3 is 3. The number of hydrogen-bond acceptors (Lipinski definition) is 5. The van der Waals surface area contributed by atoms with E-state index >= 15 is 0 Å². The lowest BCUT2D eigenvalue weighted by Crippen LogP contribution is -2.24. The first-order valence-corrected chi connectivity index (χ1v) is 9.37. The van der Waals surface area contributed by atoms with E-state index in [0.717, 1.165) is 16.8 Å². The van der Waals surface area contributed by atoms with E-state index in [0.29, 0.717) is 28.1 Å². The number of halogens is 1. The Morgan fingerprint density at radius 3 is 2.31 bits per heavy atom. The maximum atomic E-state index is 12.5. The standard InChI is InChI=1S/C21H20ClN3O4/c1-27-17-8-12(9-18(28-2)20(17)29-3)15-10-19(26)24-21-16(15)11-23-25(21)14-6-4-13(22)5-7-14/h4-9,11,15H,10H2,1-3H3,(H,24,26)/t15-/m0/s1. The molecule has 1 aromatic heterocycles. The van der Waals surface area contributed by atoms with E-state index in [1.54, 1.807) is 44.3 Å². The molecule has 3 aromatic rings. The lowest BCUT2D eigenvalue weighted by molar-refractivity contribution is -0.116. The van der Waals surface area contributed by atoms with Crippen LogP contribution in [0.25, 0.3) is 5.69 Å². The minimum atomic E-state index is -0.200. The summed E-state index contributed by atoms with van der Waals surface area (Å²) in [6.45, 7) is 0. The van der Waals surface area contributed by atoms with Crippen LogP contribution in [0.4, 0.5) is 5.82 Å². The second kappa shape index (κ2) is 7.67. The molecule has 2 heterocycles. The number of aromatic nitrogens is 2. The van der Waals surface area contributed by atoms with Crippen LogP contribution in [0.3, 0.4) is 0 Å². The van der Waals surface area contributed by atoms with Gasteiger partial charge in [-0.2, -0.15) is 5.10 Å². The summed E-state index contributed by atoms with van der Waals surface area (Å²) in [6.07, 6.45) is 2.06. The lowest BCUT2D eigenvalue weighted by Gasteiger charge is -2.25. The number of rotatable bonds is 5. The van der Waals surface area contributed by atoms with Gasteiger partial charge < -0.3 is 19.5 Å². The van der Waals surface area contributed by atoms with E-state index in [-0.39, 0.29) is 18.2 Å². The monoisotopic (exact) mass is 413 g/mol. The Balaban J connectivity index is 1.82. The van der Waals surface area contributed by atoms with Crippen molar-refractivity contribution in [2.75, 3.05) is 26.6 Å². The molecule has 0 bridgehead atoms. The van der Waals surface area contributed by atoms with Gasteiger partial charge in [0.1, 0.15) is 5.82 Å². The average Bonchev–Trinajstić information content (AvgIpc) is 3.16. The molecule has 8 heteroatoms. The number of carbonyl (C=O) groups is 1. The van der Waals surface area contributed by atoms with Crippen LogP contribution < -0.4 is 19.5 Å². The number of amides is 1. The quantitative estimate of drug-likeness (QED) is 0.683. The first-order chi connectivity index (χ1) is 14.0. The summed E-state index contributed by atoms with van der Waals surface area (Å²) >= 11 is 5.99. The topological polar surface area (TPSA) is 74.6 Å². The molecule has 1 aliphatic heterocycles. The van der Waals surface area contributed by atoms with Crippen LogP contribution in [-0.2, 0) is 4.79 Å². The summed E-state index contributed by atoms with van der Waals surface area (Å²) in [7, 11) is 4.69. The number of benzene rings is 2. The third-order valence-corrected chi connectivity index (χ3v) is 5.23. The number of carbonyl (C=O) groups excluding carboxylic acids is 1. The molecule has 150 valence electrons. The molecule has 0 spiro atoms. The highest BCUT2D eigenvalue weighted by Gasteiger charge is 2.31. The molecule has 0 aliphatic carbocycles. The summed E-state index contributed by atoms with van der Waals surface area (Å²) in [4.78, 5) is 12.5. The number of anilines is 1. The number of fused-ring (bicyclic) bond motifs is 1. The number of nitrogens with zero attached hydrogens (tertiary/aromatic N) is 2. The zero-order valence-electron chi connectivity index (χ0n) is 16.2. The average molecular weight is 414 g/mol. The molecule has 0 saturated carbocycles. The van der Waals surface area contributed by atoms with Crippen LogP contribution >= 0.6 is 11.6 Å². The van der Waals surface area contributed by atoms with Gasteiger partial charge in [0.15, 0.2) is 11.5 Å². The maximum absolute atomic E-state index is 12.5. The molecule has 4 rings (SSSR count). The Hall–Kier alpha value is -3.19. The molecule has 0 saturated heterocycles. The van der Waals surface area contributed by atoms with Gasteiger partial charge in [-0.15, -0.1) is 0 Å². The minimum Gasteiger partial charge on any atom is -0.493 e.